The fraction of sp³-hybridized carbons (Fsp3) is 0.375. The Hall–Kier alpha value is -3.22. The van der Waals surface area contributed by atoms with Crippen molar-refractivity contribution in [1.29, 1.82) is 0 Å². The van der Waals surface area contributed by atoms with Crippen molar-refractivity contribution < 1.29 is 13.9 Å². The van der Waals surface area contributed by atoms with Crippen LogP contribution in [-0.2, 0) is 0 Å². The molecule has 0 N–H and O–H groups in total. The number of ether oxygens (including phenoxy) is 1. The fourth-order valence-electron chi connectivity index (χ4n) is 4.98. The van der Waals surface area contributed by atoms with E-state index in [1.54, 1.807) is 24.5 Å². The Labute approximate surface area is 180 Å². The second-order valence-electron chi connectivity index (χ2n) is 8.45. The van der Waals surface area contributed by atoms with Crippen molar-refractivity contribution in [3.63, 3.8) is 0 Å². The normalized spacial score (nSPS) is 22.5. The number of rotatable bonds is 5. The standard InChI is InChI=1S/C24H25FN4O2/c1-16-2-10-23(29-26-12-13-27-29)21(14-16)24(30)28-19-6-3-17(22(28)11-7-19)15-31-20-8-4-18(25)5-9-20/h2,4-5,8-10,12-14,17,19,22H,3,6-7,11,15H2,1H3/t17-,19?,22-/m0/s1. The Balaban J connectivity index is 1.38. The number of carbonyl (C=O) groups is 1. The van der Waals surface area contributed by atoms with Crippen LogP contribution in [0.15, 0.2) is 54.9 Å². The average Bonchev–Trinajstić information content (AvgIpc) is 3.41. The van der Waals surface area contributed by atoms with Crippen LogP contribution in [0.3, 0.4) is 0 Å². The number of hydrogen-bond donors (Lipinski definition) is 0. The van der Waals surface area contributed by atoms with Gasteiger partial charge < -0.3 is 9.64 Å². The van der Waals surface area contributed by atoms with E-state index in [4.69, 9.17) is 4.74 Å². The molecule has 3 aromatic rings. The van der Waals surface area contributed by atoms with Gasteiger partial charge in [0.15, 0.2) is 0 Å². The maximum absolute atomic E-state index is 13.8. The molecule has 2 fully saturated rings. The summed E-state index contributed by atoms with van der Waals surface area (Å²) in [7, 11) is 0. The molecule has 0 spiro atoms. The molecule has 3 heterocycles. The number of fused-ring (bicyclic) bond motifs is 2. The number of benzene rings is 2. The predicted octanol–water partition coefficient (Wildman–Crippen LogP) is 4.18. The van der Waals surface area contributed by atoms with E-state index in [1.807, 2.05) is 25.1 Å². The minimum absolute atomic E-state index is 0.0370. The first-order valence-corrected chi connectivity index (χ1v) is 10.8. The average molecular weight is 420 g/mol. The van der Waals surface area contributed by atoms with Gasteiger partial charge >= 0.3 is 0 Å². The largest absolute Gasteiger partial charge is 0.493 e. The minimum atomic E-state index is -0.277. The lowest BCUT2D eigenvalue weighted by atomic mass is 9.90. The number of aromatic nitrogens is 3. The molecule has 1 aromatic heterocycles. The Morgan fingerprint density at radius 3 is 2.58 bits per heavy atom. The summed E-state index contributed by atoms with van der Waals surface area (Å²) in [5, 5.41) is 8.46. The van der Waals surface area contributed by atoms with Gasteiger partial charge in [0, 0.05) is 18.0 Å². The van der Waals surface area contributed by atoms with Crippen molar-refractivity contribution in [3.05, 3.63) is 71.8 Å². The van der Waals surface area contributed by atoms with Crippen LogP contribution in [-0.4, -0.2) is 44.5 Å². The van der Waals surface area contributed by atoms with Crippen LogP contribution in [0.5, 0.6) is 5.75 Å². The van der Waals surface area contributed by atoms with Gasteiger partial charge in [0.2, 0.25) is 0 Å². The molecule has 160 valence electrons. The number of hydrogen-bond acceptors (Lipinski definition) is 4. The summed E-state index contributed by atoms with van der Waals surface area (Å²) in [6.07, 6.45) is 7.23. The van der Waals surface area contributed by atoms with Crippen molar-refractivity contribution in [1.82, 2.24) is 19.9 Å². The van der Waals surface area contributed by atoms with Crippen LogP contribution < -0.4 is 4.74 Å². The monoisotopic (exact) mass is 420 g/mol. The van der Waals surface area contributed by atoms with E-state index in [1.165, 1.54) is 16.9 Å². The SMILES string of the molecule is Cc1ccc(-n2nccn2)c(C(=O)N2C3CC[C@@H](COc4ccc(F)cc4)[C@@H]2CC3)c1. The summed E-state index contributed by atoms with van der Waals surface area (Å²) in [4.78, 5) is 17.3. The zero-order valence-corrected chi connectivity index (χ0v) is 17.4. The first-order chi connectivity index (χ1) is 15.1. The molecule has 31 heavy (non-hydrogen) atoms. The van der Waals surface area contributed by atoms with Crippen LogP contribution in [0.25, 0.3) is 5.69 Å². The van der Waals surface area contributed by atoms with Crippen LogP contribution >= 0.6 is 0 Å². The van der Waals surface area contributed by atoms with Gasteiger partial charge in [-0.1, -0.05) is 11.6 Å². The molecule has 3 atom stereocenters. The molecule has 5 rings (SSSR count). The van der Waals surface area contributed by atoms with Gasteiger partial charge in [0.1, 0.15) is 11.6 Å². The van der Waals surface area contributed by atoms with E-state index < -0.39 is 0 Å². The summed E-state index contributed by atoms with van der Waals surface area (Å²) in [5.74, 6) is 0.671. The van der Waals surface area contributed by atoms with Gasteiger partial charge in [-0.25, -0.2) is 4.39 Å². The maximum atomic E-state index is 13.8. The summed E-state index contributed by atoms with van der Waals surface area (Å²) in [6, 6.07) is 12.3. The van der Waals surface area contributed by atoms with Crippen LogP contribution in [0.4, 0.5) is 4.39 Å². The summed E-state index contributed by atoms with van der Waals surface area (Å²) >= 11 is 0. The van der Waals surface area contributed by atoms with Crippen LogP contribution in [0, 0.1) is 18.7 Å². The third kappa shape index (κ3) is 3.80. The van der Waals surface area contributed by atoms with Gasteiger partial charge in [-0.05, 0) is 69.0 Å². The number of piperidine rings is 1. The molecule has 2 saturated heterocycles. The second-order valence-corrected chi connectivity index (χ2v) is 8.45. The molecule has 0 aliphatic carbocycles. The van der Waals surface area contributed by atoms with Crippen molar-refractivity contribution in [3.8, 4) is 11.4 Å². The molecule has 0 saturated carbocycles. The lowest BCUT2D eigenvalue weighted by Gasteiger charge is -2.40. The number of halogens is 1. The van der Waals surface area contributed by atoms with Gasteiger partial charge in [-0.15, -0.1) is 0 Å². The van der Waals surface area contributed by atoms with Gasteiger partial charge in [0.25, 0.3) is 5.91 Å². The summed E-state index contributed by atoms with van der Waals surface area (Å²) < 4.78 is 19.1. The molecule has 2 aliphatic heterocycles. The molecule has 1 unspecified atom stereocenters. The van der Waals surface area contributed by atoms with Crippen molar-refractivity contribution in [2.24, 2.45) is 5.92 Å². The third-order valence-electron chi connectivity index (χ3n) is 6.49. The number of nitrogens with zero attached hydrogens (tertiary/aromatic N) is 4. The van der Waals surface area contributed by atoms with Gasteiger partial charge in [-0.2, -0.15) is 15.0 Å². The Bertz CT molecular complexity index is 1070. The maximum Gasteiger partial charge on any atom is 0.256 e. The molecule has 2 aliphatic rings. The smallest absolute Gasteiger partial charge is 0.256 e. The van der Waals surface area contributed by atoms with E-state index in [0.717, 1.165) is 31.2 Å². The van der Waals surface area contributed by atoms with Gasteiger partial charge in [-0.3, -0.25) is 4.79 Å². The zero-order valence-electron chi connectivity index (χ0n) is 17.4. The molecule has 2 bridgehead atoms. The lowest BCUT2D eigenvalue weighted by molar-refractivity contribution is 0.0406. The highest BCUT2D eigenvalue weighted by molar-refractivity contribution is 5.98. The Morgan fingerprint density at radius 2 is 1.81 bits per heavy atom. The number of aryl methyl sites for hydroxylation is 1. The molecule has 7 heteroatoms. The van der Waals surface area contributed by atoms with E-state index in [2.05, 4.69) is 15.1 Å². The molecule has 1 amide bonds. The third-order valence-corrected chi connectivity index (χ3v) is 6.49. The topological polar surface area (TPSA) is 60.2 Å². The number of amides is 1. The Morgan fingerprint density at radius 1 is 1.06 bits per heavy atom. The van der Waals surface area contributed by atoms with Crippen molar-refractivity contribution in [2.45, 2.75) is 44.7 Å². The molecule has 2 aromatic carbocycles. The summed E-state index contributed by atoms with van der Waals surface area (Å²) in [6.45, 7) is 2.51. The minimum Gasteiger partial charge on any atom is -0.493 e. The molecule has 6 nitrogen and oxygen atoms in total. The first kappa shape index (κ1) is 19.7. The zero-order chi connectivity index (χ0) is 21.4. The highest BCUT2D eigenvalue weighted by atomic mass is 19.1. The first-order valence-electron chi connectivity index (χ1n) is 10.8. The van der Waals surface area contributed by atoms with E-state index in [-0.39, 0.29) is 29.7 Å². The van der Waals surface area contributed by atoms with E-state index in [0.29, 0.717) is 23.6 Å². The fourth-order valence-corrected chi connectivity index (χ4v) is 4.98. The van der Waals surface area contributed by atoms with E-state index >= 15 is 0 Å². The van der Waals surface area contributed by atoms with Crippen molar-refractivity contribution in [2.75, 3.05) is 6.61 Å². The van der Waals surface area contributed by atoms with Gasteiger partial charge in [0.05, 0.1) is 30.3 Å². The second kappa shape index (κ2) is 8.13. The number of carbonyl (C=O) groups excluding carboxylic acids is 1. The highest BCUT2D eigenvalue weighted by Crippen LogP contribution is 2.40. The van der Waals surface area contributed by atoms with Crippen molar-refractivity contribution >= 4 is 5.91 Å². The Kier molecular flexibility index (Phi) is 5.18. The summed E-state index contributed by atoms with van der Waals surface area (Å²) in [5.41, 5.74) is 2.36. The van der Waals surface area contributed by atoms with Crippen LogP contribution in [0.2, 0.25) is 0 Å². The molecular formula is C24H25FN4O2. The molecular weight excluding hydrogens is 395 g/mol. The molecule has 0 radical (unpaired) electrons. The van der Waals surface area contributed by atoms with E-state index in [9.17, 15) is 9.18 Å². The highest BCUT2D eigenvalue weighted by Gasteiger charge is 2.45. The quantitative estimate of drug-likeness (QED) is 0.621. The van der Waals surface area contributed by atoms with Crippen LogP contribution in [0.1, 0.15) is 41.6 Å². The lowest BCUT2D eigenvalue weighted by Crippen LogP contribution is -2.49. The predicted molar refractivity (Wildman–Crippen MR) is 114 cm³/mol.